The molecule has 154 valence electrons. The number of hydrogen-bond donors (Lipinski definition) is 1. The zero-order valence-corrected chi connectivity index (χ0v) is 18.1. The number of pyridine rings is 1. The second kappa shape index (κ2) is 8.36. The number of nitrogens with zero attached hydrogens (tertiary/aromatic N) is 3. The molecule has 1 atom stereocenters. The maximum absolute atomic E-state index is 13.0. The highest BCUT2D eigenvalue weighted by atomic mass is 32.1. The van der Waals surface area contributed by atoms with Crippen LogP contribution >= 0.6 is 11.3 Å². The Balaban J connectivity index is 1.48. The molecule has 0 bridgehead atoms. The molecule has 6 nitrogen and oxygen atoms in total. The van der Waals surface area contributed by atoms with Crippen molar-refractivity contribution in [2.75, 3.05) is 0 Å². The van der Waals surface area contributed by atoms with Crippen LogP contribution in [0, 0.1) is 13.8 Å². The lowest BCUT2D eigenvalue weighted by Crippen LogP contribution is -2.37. The molecular formula is C23H24N4O2S. The number of aromatic nitrogens is 3. The van der Waals surface area contributed by atoms with Gasteiger partial charge in [-0.25, -0.2) is 9.97 Å². The Morgan fingerprint density at radius 1 is 1.23 bits per heavy atom. The van der Waals surface area contributed by atoms with Crippen LogP contribution in [0.25, 0.3) is 20.4 Å². The van der Waals surface area contributed by atoms with Crippen molar-refractivity contribution in [1.82, 2.24) is 19.9 Å². The van der Waals surface area contributed by atoms with Gasteiger partial charge in [0.05, 0.1) is 11.8 Å². The fraction of sp³-hybridized carbons (Fsp3) is 0.304. The number of aryl methyl sites for hydroxylation is 3. The third-order valence-electron chi connectivity index (χ3n) is 5.17. The lowest BCUT2D eigenvalue weighted by molar-refractivity contribution is -0.122. The topological polar surface area (TPSA) is 76.9 Å². The molecule has 7 heteroatoms. The van der Waals surface area contributed by atoms with Crippen LogP contribution in [-0.2, 0) is 17.8 Å². The second-order valence-corrected chi connectivity index (χ2v) is 8.71. The SMILES string of the molecule is Cc1cc(C)c2c(n1)sc1c(=O)n(CC(=O)N[C@@H](C)CCc3ccccc3)cnc12. The summed E-state index contributed by atoms with van der Waals surface area (Å²) < 4.78 is 1.91. The zero-order chi connectivity index (χ0) is 21.3. The first-order valence-electron chi connectivity index (χ1n) is 10.0. The number of rotatable bonds is 6. The average Bonchev–Trinajstić information content (AvgIpc) is 3.08. The summed E-state index contributed by atoms with van der Waals surface area (Å²) in [6, 6.07) is 12.2. The van der Waals surface area contributed by atoms with Gasteiger partial charge in [-0.3, -0.25) is 14.2 Å². The number of amides is 1. The smallest absolute Gasteiger partial charge is 0.271 e. The molecule has 4 rings (SSSR count). The van der Waals surface area contributed by atoms with Gasteiger partial charge in [0.15, 0.2) is 0 Å². The summed E-state index contributed by atoms with van der Waals surface area (Å²) in [5, 5.41) is 3.90. The molecule has 1 amide bonds. The molecule has 0 radical (unpaired) electrons. The number of thiophene rings is 1. The lowest BCUT2D eigenvalue weighted by Gasteiger charge is -2.14. The summed E-state index contributed by atoms with van der Waals surface area (Å²) in [6.07, 6.45) is 3.19. The van der Waals surface area contributed by atoms with E-state index in [1.165, 1.54) is 27.8 Å². The van der Waals surface area contributed by atoms with E-state index in [4.69, 9.17) is 0 Å². The van der Waals surface area contributed by atoms with Gasteiger partial charge in [-0.1, -0.05) is 30.3 Å². The first kappa shape index (κ1) is 20.2. The van der Waals surface area contributed by atoms with Gasteiger partial charge in [-0.15, -0.1) is 11.3 Å². The fourth-order valence-corrected chi connectivity index (χ4v) is 4.89. The van der Waals surface area contributed by atoms with Crippen LogP contribution in [0.5, 0.6) is 0 Å². The number of carbonyl (C=O) groups is 1. The van der Waals surface area contributed by atoms with Crippen molar-refractivity contribution >= 4 is 37.7 Å². The minimum absolute atomic E-state index is 0.0178. The summed E-state index contributed by atoms with van der Waals surface area (Å²) in [5.74, 6) is -0.190. The van der Waals surface area contributed by atoms with Crippen LogP contribution in [0.3, 0.4) is 0 Å². The molecule has 0 aliphatic heterocycles. The normalized spacial score (nSPS) is 12.4. The van der Waals surface area contributed by atoms with Crippen LogP contribution in [0.4, 0.5) is 0 Å². The van der Waals surface area contributed by atoms with Crippen molar-refractivity contribution in [3.63, 3.8) is 0 Å². The van der Waals surface area contributed by atoms with E-state index in [1.807, 2.05) is 45.0 Å². The van der Waals surface area contributed by atoms with Gasteiger partial charge in [-0.2, -0.15) is 0 Å². The summed E-state index contributed by atoms with van der Waals surface area (Å²) in [6.45, 7) is 5.87. The minimum Gasteiger partial charge on any atom is -0.352 e. The molecule has 4 aromatic rings. The van der Waals surface area contributed by atoms with Crippen molar-refractivity contribution in [1.29, 1.82) is 0 Å². The van der Waals surface area contributed by atoms with E-state index in [-0.39, 0.29) is 24.1 Å². The van der Waals surface area contributed by atoms with Crippen LogP contribution in [0.1, 0.15) is 30.2 Å². The minimum atomic E-state index is -0.202. The van der Waals surface area contributed by atoms with Gasteiger partial charge in [0.25, 0.3) is 5.56 Å². The highest BCUT2D eigenvalue weighted by Crippen LogP contribution is 2.31. The standard InChI is InChI=1S/C23H24N4O2S/c1-14-11-16(3)26-22-19(14)20-21(30-22)23(29)27(13-24-20)12-18(28)25-15(2)9-10-17-7-5-4-6-8-17/h4-8,11,13,15H,9-10,12H2,1-3H3,(H,25,28)/t15-/m0/s1. The first-order chi connectivity index (χ1) is 14.4. The highest BCUT2D eigenvalue weighted by Gasteiger charge is 2.16. The van der Waals surface area contributed by atoms with Gasteiger partial charge in [-0.05, 0) is 50.8 Å². The Bertz CT molecular complexity index is 1280. The van der Waals surface area contributed by atoms with Gasteiger partial charge >= 0.3 is 0 Å². The molecule has 0 saturated carbocycles. The molecule has 3 aromatic heterocycles. The summed E-state index contributed by atoms with van der Waals surface area (Å²) >= 11 is 1.34. The number of benzene rings is 1. The van der Waals surface area contributed by atoms with Crippen LogP contribution < -0.4 is 10.9 Å². The maximum Gasteiger partial charge on any atom is 0.271 e. The molecular weight excluding hydrogens is 396 g/mol. The molecule has 0 spiro atoms. The fourth-order valence-electron chi connectivity index (χ4n) is 3.69. The van der Waals surface area contributed by atoms with Gasteiger partial charge < -0.3 is 5.32 Å². The first-order valence-corrected chi connectivity index (χ1v) is 10.8. The summed E-state index contributed by atoms with van der Waals surface area (Å²) in [4.78, 5) is 35.3. The molecule has 0 unspecified atom stereocenters. The predicted octanol–water partition coefficient (Wildman–Crippen LogP) is 3.76. The van der Waals surface area contributed by atoms with E-state index in [0.29, 0.717) is 10.2 Å². The second-order valence-electron chi connectivity index (χ2n) is 7.71. The van der Waals surface area contributed by atoms with Gasteiger partial charge in [0, 0.05) is 17.1 Å². The van der Waals surface area contributed by atoms with E-state index in [2.05, 4.69) is 27.4 Å². The van der Waals surface area contributed by atoms with E-state index in [1.54, 1.807) is 0 Å². The zero-order valence-electron chi connectivity index (χ0n) is 17.3. The summed E-state index contributed by atoms with van der Waals surface area (Å²) in [5.41, 5.74) is 3.67. The molecule has 30 heavy (non-hydrogen) atoms. The van der Waals surface area contributed by atoms with Gasteiger partial charge in [0.2, 0.25) is 5.91 Å². The molecule has 0 aliphatic rings. The van der Waals surface area contributed by atoms with Crippen molar-refractivity contribution < 1.29 is 4.79 Å². The Labute approximate surface area is 178 Å². The third-order valence-corrected chi connectivity index (χ3v) is 6.23. The van der Waals surface area contributed by atoms with Crippen molar-refractivity contribution in [3.05, 3.63) is 69.9 Å². The van der Waals surface area contributed by atoms with Crippen molar-refractivity contribution in [2.45, 2.75) is 46.2 Å². The van der Waals surface area contributed by atoms with Crippen LogP contribution in [0.15, 0.2) is 47.5 Å². The van der Waals surface area contributed by atoms with Gasteiger partial charge in [0.1, 0.15) is 16.1 Å². The Hall–Kier alpha value is -3.06. The van der Waals surface area contributed by atoms with Crippen molar-refractivity contribution in [2.24, 2.45) is 0 Å². The molecule has 0 fully saturated rings. The van der Waals surface area contributed by atoms with E-state index < -0.39 is 0 Å². The molecule has 1 aromatic carbocycles. The monoisotopic (exact) mass is 420 g/mol. The molecule has 0 aliphatic carbocycles. The summed E-state index contributed by atoms with van der Waals surface area (Å²) in [7, 11) is 0. The Morgan fingerprint density at radius 2 is 2.00 bits per heavy atom. The third kappa shape index (κ3) is 4.11. The maximum atomic E-state index is 13.0. The quantitative estimate of drug-likeness (QED) is 0.515. The van der Waals surface area contributed by atoms with Crippen molar-refractivity contribution in [3.8, 4) is 0 Å². The van der Waals surface area contributed by atoms with E-state index in [9.17, 15) is 9.59 Å². The number of fused-ring (bicyclic) bond motifs is 3. The predicted molar refractivity (Wildman–Crippen MR) is 121 cm³/mol. The Kier molecular flexibility index (Phi) is 5.63. The number of hydrogen-bond acceptors (Lipinski definition) is 5. The molecule has 0 saturated heterocycles. The number of nitrogens with one attached hydrogen (secondary N) is 1. The average molecular weight is 421 g/mol. The molecule has 1 N–H and O–H groups in total. The number of carbonyl (C=O) groups excluding carboxylic acids is 1. The van der Waals surface area contributed by atoms with Crippen LogP contribution in [-0.4, -0.2) is 26.5 Å². The van der Waals surface area contributed by atoms with E-state index >= 15 is 0 Å². The lowest BCUT2D eigenvalue weighted by atomic mass is 10.1. The highest BCUT2D eigenvalue weighted by molar-refractivity contribution is 7.25. The Morgan fingerprint density at radius 3 is 2.77 bits per heavy atom. The largest absolute Gasteiger partial charge is 0.352 e. The van der Waals surface area contributed by atoms with Crippen LogP contribution in [0.2, 0.25) is 0 Å². The molecule has 3 heterocycles. The van der Waals surface area contributed by atoms with E-state index in [0.717, 1.165) is 34.3 Å².